The number of hydrogen-bond acceptors (Lipinski definition) is 3. The molecule has 4 nitrogen and oxygen atoms in total. The molecule has 3 rings (SSSR count). The molecule has 0 aromatic heterocycles. The van der Waals surface area contributed by atoms with Crippen molar-refractivity contribution in [2.75, 3.05) is 0 Å². The molecule has 0 amide bonds. The Kier molecular flexibility index (Phi) is 3.24. The van der Waals surface area contributed by atoms with E-state index in [0.717, 1.165) is 12.8 Å². The van der Waals surface area contributed by atoms with Gasteiger partial charge in [0.05, 0.1) is 6.21 Å². The number of hydrogen-bond donors (Lipinski definition) is 2. The lowest BCUT2D eigenvalue weighted by atomic mass is 9.70. The van der Waals surface area contributed by atoms with Crippen molar-refractivity contribution in [1.29, 1.82) is 0 Å². The van der Waals surface area contributed by atoms with Crippen LogP contribution >= 0.6 is 12.2 Å². The fourth-order valence-electron chi connectivity index (χ4n) is 2.17. The second-order valence-electron chi connectivity index (χ2n) is 4.81. The van der Waals surface area contributed by atoms with E-state index < -0.39 is 7.05 Å². The first kappa shape index (κ1) is 12.6. The first-order valence-corrected chi connectivity index (χ1v) is 6.67. The van der Waals surface area contributed by atoms with Gasteiger partial charge in [0.1, 0.15) is 5.82 Å². The van der Waals surface area contributed by atoms with E-state index in [9.17, 15) is 9.41 Å². The van der Waals surface area contributed by atoms with Gasteiger partial charge in [0.2, 0.25) is 0 Å². The summed E-state index contributed by atoms with van der Waals surface area (Å²) in [6.45, 7) is 0. The number of nitrogens with one attached hydrogen (secondary N) is 1. The van der Waals surface area contributed by atoms with Gasteiger partial charge in [0, 0.05) is 6.04 Å². The van der Waals surface area contributed by atoms with Crippen LogP contribution in [0.3, 0.4) is 0 Å². The summed E-state index contributed by atoms with van der Waals surface area (Å²) in [4.78, 5) is 1.36. The molecule has 1 saturated carbocycles. The summed E-state index contributed by atoms with van der Waals surface area (Å²) in [5, 5.41) is 17.9. The summed E-state index contributed by atoms with van der Waals surface area (Å²) in [5.74, 6) is -0.346. The summed E-state index contributed by atoms with van der Waals surface area (Å²) in [7, 11) is -0.972. The molecule has 1 fully saturated rings. The molecule has 0 bridgehead atoms. The molecular weight excluding hydrogens is 264 g/mol. The fourth-order valence-corrected chi connectivity index (χ4v) is 2.48. The summed E-state index contributed by atoms with van der Waals surface area (Å²) in [6.07, 6.45) is 4.90. The van der Waals surface area contributed by atoms with E-state index in [1.54, 1.807) is 6.07 Å². The van der Waals surface area contributed by atoms with Crippen molar-refractivity contribution in [2.45, 2.75) is 25.3 Å². The zero-order valence-corrected chi connectivity index (χ0v) is 11.0. The smallest absolute Gasteiger partial charge is 0.427 e. The molecule has 0 spiro atoms. The van der Waals surface area contributed by atoms with Crippen molar-refractivity contribution in [1.82, 2.24) is 10.2 Å². The Morgan fingerprint density at radius 2 is 2.32 bits per heavy atom. The molecule has 1 aliphatic carbocycles. The van der Waals surface area contributed by atoms with Gasteiger partial charge in [-0.15, -0.1) is 0 Å². The van der Waals surface area contributed by atoms with E-state index in [1.165, 1.54) is 29.7 Å². The Bertz CT molecular complexity index is 550. The monoisotopic (exact) mass is 277 g/mol. The number of benzene rings is 1. The Labute approximate surface area is 116 Å². The van der Waals surface area contributed by atoms with E-state index >= 15 is 0 Å². The summed E-state index contributed by atoms with van der Waals surface area (Å²) in [5.41, 5.74) is 1.18. The van der Waals surface area contributed by atoms with Gasteiger partial charge < -0.3 is 10.3 Å². The van der Waals surface area contributed by atoms with Crippen LogP contribution in [0.5, 0.6) is 0 Å². The maximum absolute atomic E-state index is 13.1. The highest BCUT2D eigenvalue weighted by Gasteiger charge is 2.33. The van der Waals surface area contributed by atoms with Crippen LogP contribution in [-0.4, -0.2) is 34.4 Å². The van der Waals surface area contributed by atoms with Crippen molar-refractivity contribution in [3.8, 4) is 0 Å². The van der Waals surface area contributed by atoms with Crippen molar-refractivity contribution >= 4 is 36.1 Å². The van der Waals surface area contributed by atoms with E-state index in [1.807, 2.05) is 0 Å². The second kappa shape index (κ2) is 4.90. The second-order valence-corrected chi connectivity index (χ2v) is 5.20. The Hall–Kier alpha value is -1.47. The summed E-state index contributed by atoms with van der Waals surface area (Å²) in [6, 6.07) is 4.60. The van der Waals surface area contributed by atoms with Crippen LogP contribution in [0.1, 0.15) is 24.8 Å². The lowest BCUT2D eigenvalue weighted by Crippen LogP contribution is -2.57. The lowest BCUT2D eigenvalue weighted by Gasteiger charge is -2.33. The van der Waals surface area contributed by atoms with E-state index in [0.29, 0.717) is 22.2 Å². The maximum atomic E-state index is 13.1. The third-order valence-electron chi connectivity index (χ3n) is 3.52. The Morgan fingerprint density at radius 1 is 1.53 bits per heavy atom. The zero-order valence-electron chi connectivity index (χ0n) is 10.2. The molecule has 0 atom stereocenters. The molecule has 98 valence electrons. The largest absolute Gasteiger partial charge is 0.473 e. The maximum Gasteiger partial charge on any atom is 0.473 e. The topological polar surface area (TPSA) is 47.9 Å². The van der Waals surface area contributed by atoms with E-state index in [4.69, 9.17) is 12.2 Å². The van der Waals surface area contributed by atoms with Gasteiger partial charge in [-0.25, -0.2) is 4.39 Å². The molecule has 0 saturated heterocycles. The molecule has 2 N–H and O–H groups in total. The lowest BCUT2D eigenvalue weighted by molar-refractivity contribution is 0.372. The average Bonchev–Trinajstić information content (AvgIpc) is 2.34. The predicted molar refractivity (Wildman–Crippen MR) is 76.8 cm³/mol. The van der Waals surface area contributed by atoms with Gasteiger partial charge in [0.25, 0.3) is 0 Å². The minimum Gasteiger partial charge on any atom is -0.427 e. The Morgan fingerprint density at radius 3 is 3.00 bits per heavy atom. The molecular formula is C12H13BFN3OS. The fraction of sp³-hybridized carbons (Fsp3) is 0.333. The van der Waals surface area contributed by atoms with Crippen LogP contribution in [0.15, 0.2) is 23.3 Å². The molecule has 19 heavy (non-hydrogen) atoms. The van der Waals surface area contributed by atoms with Crippen LogP contribution in [0.2, 0.25) is 0 Å². The first-order valence-electron chi connectivity index (χ1n) is 6.26. The molecule has 1 heterocycles. The van der Waals surface area contributed by atoms with E-state index in [2.05, 4.69) is 10.4 Å². The predicted octanol–water partition coefficient (Wildman–Crippen LogP) is 0.590. The van der Waals surface area contributed by atoms with Crippen molar-refractivity contribution in [3.63, 3.8) is 0 Å². The van der Waals surface area contributed by atoms with Gasteiger partial charge in [-0.05, 0) is 54.6 Å². The third kappa shape index (κ3) is 2.35. The van der Waals surface area contributed by atoms with Gasteiger partial charge in [-0.3, -0.25) is 4.92 Å². The van der Waals surface area contributed by atoms with Crippen molar-refractivity contribution in [2.24, 2.45) is 5.10 Å². The SMILES string of the molecule is OB1c2ccc(F)cc2C=NN1C(=S)NC1CCC1. The molecule has 7 heteroatoms. The zero-order chi connectivity index (χ0) is 13.4. The van der Waals surface area contributed by atoms with Crippen LogP contribution in [0.4, 0.5) is 4.39 Å². The van der Waals surface area contributed by atoms with Gasteiger partial charge >= 0.3 is 7.05 Å². The first-order chi connectivity index (χ1) is 9.15. The molecule has 1 aromatic rings. The quantitative estimate of drug-likeness (QED) is 0.582. The molecule has 1 aromatic carbocycles. The van der Waals surface area contributed by atoms with Gasteiger partial charge in [-0.1, -0.05) is 6.07 Å². The number of rotatable bonds is 1. The number of halogens is 1. The minimum absolute atomic E-state index is 0.346. The summed E-state index contributed by atoms with van der Waals surface area (Å²) >= 11 is 5.25. The van der Waals surface area contributed by atoms with Crippen molar-refractivity contribution < 1.29 is 9.41 Å². The van der Waals surface area contributed by atoms with Crippen LogP contribution in [0.25, 0.3) is 0 Å². The van der Waals surface area contributed by atoms with Crippen molar-refractivity contribution in [3.05, 3.63) is 29.6 Å². The Balaban J connectivity index is 1.79. The van der Waals surface area contributed by atoms with E-state index in [-0.39, 0.29) is 5.82 Å². The average molecular weight is 277 g/mol. The number of fused-ring (bicyclic) bond motifs is 1. The van der Waals surface area contributed by atoms with Gasteiger partial charge in [-0.2, -0.15) is 5.10 Å². The van der Waals surface area contributed by atoms with Crippen LogP contribution in [0, 0.1) is 5.82 Å². The number of thiocarbonyl (C=S) groups is 1. The number of nitrogens with zero attached hydrogens (tertiary/aromatic N) is 2. The molecule has 1 aliphatic heterocycles. The summed E-state index contributed by atoms with van der Waals surface area (Å²) < 4.78 is 13.1. The normalized spacial score (nSPS) is 18.0. The highest BCUT2D eigenvalue weighted by molar-refractivity contribution is 7.80. The molecule has 2 aliphatic rings. The molecule has 0 unspecified atom stereocenters. The third-order valence-corrected chi connectivity index (χ3v) is 3.83. The standard InChI is InChI=1S/C12H13BFN3OS/c14-9-4-5-11-8(6-9)7-15-17(13(11)18)12(19)16-10-2-1-3-10/h4-7,10,18H,1-3H2,(H,16,19). The highest BCUT2D eigenvalue weighted by atomic mass is 32.1. The highest BCUT2D eigenvalue weighted by Crippen LogP contribution is 2.18. The number of hydrazone groups is 1. The molecule has 0 radical (unpaired) electrons. The van der Waals surface area contributed by atoms with Gasteiger partial charge in [0.15, 0.2) is 5.11 Å². The minimum atomic E-state index is -0.972. The van der Waals surface area contributed by atoms with Crippen LogP contribution < -0.4 is 10.8 Å². The van der Waals surface area contributed by atoms with Crippen LogP contribution in [-0.2, 0) is 0 Å².